The van der Waals surface area contributed by atoms with Gasteiger partial charge in [-0.3, -0.25) is 9.59 Å². The highest BCUT2D eigenvalue weighted by Crippen LogP contribution is 2.11. The van der Waals surface area contributed by atoms with E-state index in [1.54, 1.807) is 6.92 Å². The van der Waals surface area contributed by atoms with Gasteiger partial charge in [0.15, 0.2) is 0 Å². The third-order valence-corrected chi connectivity index (χ3v) is 2.15. The number of rotatable bonds is 6. The van der Waals surface area contributed by atoms with Crippen LogP contribution in [0.5, 0.6) is 0 Å². The van der Waals surface area contributed by atoms with Crippen LogP contribution in [-0.4, -0.2) is 34.2 Å². The predicted molar refractivity (Wildman–Crippen MR) is 49.6 cm³/mol. The normalized spacial score (nSPS) is 17.1. The van der Waals surface area contributed by atoms with Gasteiger partial charge in [0.25, 0.3) is 0 Å². The average molecular weight is 204 g/mol. The van der Waals surface area contributed by atoms with E-state index in [2.05, 4.69) is 0 Å². The highest BCUT2D eigenvalue weighted by molar-refractivity contribution is 5.74. The van der Waals surface area contributed by atoms with Crippen LogP contribution < -0.4 is 11.5 Å². The maximum atomic E-state index is 10.6. The molecule has 0 amide bonds. The zero-order chi connectivity index (χ0) is 11.3. The lowest BCUT2D eigenvalue weighted by molar-refractivity contribution is -0.144. The van der Waals surface area contributed by atoms with Crippen LogP contribution in [0.3, 0.4) is 0 Å². The Bertz CT molecular complexity index is 219. The van der Waals surface area contributed by atoms with E-state index in [0.717, 1.165) is 0 Å². The van der Waals surface area contributed by atoms with Crippen molar-refractivity contribution in [2.24, 2.45) is 17.4 Å². The summed E-state index contributed by atoms with van der Waals surface area (Å²) < 4.78 is 0. The van der Waals surface area contributed by atoms with Crippen LogP contribution in [0, 0.1) is 5.92 Å². The lowest BCUT2D eigenvalue weighted by atomic mass is 9.94. The number of hydrogen-bond acceptors (Lipinski definition) is 4. The molecule has 0 aromatic carbocycles. The summed E-state index contributed by atoms with van der Waals surface area (Å²) in [6.07, 6.45) is 0.495. The maximum absolute atomic E-state index is 10.6. The number of carboxylic acids is 2. The van der Waals surface area contributed by atoms with Gasteiger partial charge in [-0.1, -0.05) is 6.92 Å². The second kappa shape index (κ2) is 5.56. The molecule has 0 heterocycles. The van der Waals surface area contributed by atoms with Crippen molar-refractivity contribution < 1.29 is 19.8 Å². The van der Waals surface area contributed by atoms with Crippen molar-refractivity contribution in [1.82, 2.24) is 0 Å². The van der Waals surface area contributed by atoms with Crippen LogP contribution in [0.1, 0.15) is 19.8 Å². The fourth-order valence-electron chi connectivity index (χ4n) is 1.10. The summed E-state index contributed by atoms with van der Waals surface area (Å²) in [6.45, 7) is 1.71. The molecule has 0 bridgehead atoms. The van der Waals surface area contributed by atoms with Crippen LogP contribution in [0.15, 0.2) is 0 Å². The molecule has 0 spiro atoms. The fourth-order valence-corrected chi connectivity index (χ4v) is 1.10. The molecule has 3 atom stereocenters. The van der Waals surface area contributed by atoms with Gasteiger partial charge >= 0.3 is 11.9 Å². The molecular weight excluding hydrogens is 188 g/mol. The first-order chi connectivity index (χ1) is 6.40. The van der Waals surface area contributed by atoms with Crippen molar-refractivity contribution in [2.45, 2.75) is 31.8 Å². The number of aliphatic carboxylic acids is 2. The summed E-state index contributed by atoms with van der Waals surface area (Å²) in [6, 6.07) is -2.03. The zero-order valence-electron chi connectivity index (χ0n) is 8.01. The molecule has 6 heteroatoms. The third-order valence-electron chi connectivity index (χ3n) is 2.15. The van der Waals surface area contributed by atoms with Gasteiger partial charge in [0, 0.05) is 6.04 Å². The summed E-state index contributed by atoms with van der Waals surface area (Å²) in [5.41, 5.74) is 10.7. The smallest absolute Gasteiger partial charge is 0.322 e. The van der Waals surface area contributed by atoms with E-state index in [0.29, 0.717) is 6.42 Å². The second-order valence-corrected chi connectivity index (χ2v) is 3.21. The fraction of sp³-hybridized carbons (Fsp3) is 0.750. The first kappa shape index (κ1) is 12.9. The van der Waals surface area contributed by atoms with Crippen molar-refractivity contribution >= 4 is 11.9 Å². The number of carboxylic acid groups (broad SMARTS) is 2. The van der Waals surface area contributed by atoms with Crippen LogP contribution in [0.4, 0.5) is 0 Å². The van der Waals surface area contributed by atoms with Crippen molar-refractivity contribution in [3.05, 3.63) is 0 Å². The summed E-state index contributed by atoms with van der Waals surface area (Å²) in [5, 5.41) is 17.2. The Morgan fingerprint density at radius 2 is 1.71 bits per heavy atom. The molecule has 0 aromatic rings. The van der Waals surface area contributed by atoms with Crippen LogP contribution in [0.25, 0.3) is 0 Å². The summed E-state index contributed by atoms with van der Waals surface area (Å²) in [7, 11) is 0. The van der Waals surface area contributed by atoms with E-state index >= 15 is 0 Å². The molecular formula is C8H16N2O4. The number of carbonyl (C=O) groups is 2. The molecule has 0 aliphatic carbocycles. The predicted octanol–water partition coefficient (Wildman–Crippen LogP) is -0.773. The van der Waals surface area contributed by atoms with Crippen molar-refractivity contribution in [3.63, 3.8) is 0 Å². The Hall–Kier alpha value is -1.14. The first-order valence-electron chi connectivity index (χ1n) is 4.36. The molecule has 0 saturated heterocycles. The molecule has 82 valence electrons. The highest BCUT2D eigenvalue weighted by atomic mass is 16.4. The second-order valence-electron chi connectivity index (χ2n) is 3.21. The van der Waals surface area contributed by atoms with E-state index < -0.39 is 29.9 Å². The summed E-state index contributed by atoms with van der Waals surface area (Å²) in [5.74, 6) is -2.81. The topological polar surface area (TPSA) is 127 Å². The highest BCUT2D eigenvalue weighted by Gasteiger charge is 2.26. The molecule has 14 heavy (non-hydrogen) atoms. The summed E-state index contributed by atoms with van der Waals surface area (Å²) in [4.78, 5) is 21.0. The van der Waals surface area contributed by atoms with Crippen molar-refractivity contribution in [3.8, 4) is 0 Å². The zero-order valence-corrected chi connectivity index (χ0v) is 8.01. The van der Waals surface area contributed by atoms with Gasteiger partial charge in [-0.2, -0.15) is 0 Å². The van der Waals surface area contributed by atoms with Crippen LogP contribution in [-0.2, 0) is 9.59 Å². The van der Waals surface area contributed by atoms with Gasteiger partial charge in [0.2, 0.25) is 0 Å². The lowest BCUT2D eigenvalue weighted by Crippen LogP contribution is -2.48. The lowest BCUT2D eigenvalue weighted by Gasteiger charge is -2.19. The number of nitrogens with two attached hydrogens (primary N) is 2. The van der Waals surface area contributed by atoms with Gasteiger partial charge in [-0.05, 0) is 12.8 Å². The Balaban J connectivity index is 4.21. The van der Waals surface area contributed by atoms with E-state index in [1.165, 1.54) is 0 Å². The molecule has 0 rings (SSSR count). The van der Waals surface area contributed by atoms with Gasteiger partial charge < -0.3 is 21.7 Å². The SMILES string of the molecule is CCC(CC(N)C(N)C(=O)O)C(=O)O. The molecule has 0 aliphatic heterocycles. The Morgan fingerprint density at radius 1 is 1.21 bits per heavy atom. The van der Waals surface area contributed by atoms with Gasteiger partial charge in [0.1, 0.15) is 6.04 Å². The van der Waals surface area contributed by atoms with E-state index in [-0.39, 0.29) is 6.42 Å². The Kier molecular flexibility index (Phi) is 5.11. The number of hydrogen-bond donors (Lipinski definition) is 4. The maximum Gasteiger partial charge on any atom is 0.322 e. The largest absolute Gasteiger partial charge is 0.481 e. The minimum Gasteiger partial charge on any atom is -0.481 e. The first-order valence-corrected chi connectivity index (χ1v) is 4.36. The quantitative estimate of drug-likeness (QED) is 0.450. The molecule has 0 radical (unpaired) electrons. The standard InChI is InChI=1S/C8H16N2O4/c1-2-4(7(11)12)3-5(9)6(10)8(13)14/h4-6H,2-3,9-10H2,1H3,(H,11,12)(H,13,14). The molecule has 3 unspecified atom stereocenters. The van der Waals surface area contributed by atoms with Crippen molar-refractivity contribution in [1.29, 1.82) is 0 Å². The van der Waals surface area contributed by atoms with E-state index in [1.807, 2.05) is 0 Å². The van der Waals surface area contributed by atoms with E-state index in [9.17, 15) is 9.59 Å². The average Bonchev–Trinajstić information content (AvgIpc) is 2.11. The van der Waals surface area contributed by atoms with Gasteiger partial charge in [-0.25, -0.2) is 0 Å². The monoisotopic (exact) mass is 204 g/mol. The third kappa shape index (κ3) is 3.71. The molecule has 6 N–H and O–H groups in total. The van der Waals surface area contributed by atoms with Crippen LogP contribution >= 0.6 is 0 Å². The molecule has 0 fully saturated rings. The minimum absolute atomic E-state index is 0.0826. The van der Waals surface area contributed by atoms with Crippen molar-refractivity contribution in [2.75, 3.05) is 0 Å². The van der Waals surface area contributed by atoms with E-state index in [4.69, 9.17) is 21.7 Å². The van der Waals surface area contributed by atoms with Crippen LogP contribution in [0.2, 0.25) is 0 Å². The van der Waals surface area contributed by atoms with Gasteiger partial charge in [-0.15, -0.1) is 0 Å². The molecule has 0 aromatic heterocycles. The van der Waals surface area contributed by atoms with Gasteiger partial charge in [0.05, 0.1) is 5.92 Å². The Labute approximate surface area is 81.9 Å². The molecule has 0 aliphatic rings. The summed E-state index contributed by atoms with van der Waals surface area (Å²) >= 11 is 0. The Morgan fingerprint density at radius 3 is 2.00 bits per heavy atom. The molecule has 0 saturated carbocycles. The molecule has 6 nitrogen and oxygen atoms in total. The minimum atomic E-state index is -1.21.